The van der Waals surface area contributed by atoms with Crippen LogP contribution in [0.25, 0.3) is 0 Å². The van der Waals surface area contributed by atoms with Gasteiger partial charge in [0.2, 0.25) is 0 Å². The van der Waals surface area contributed by atoms with Crippen molar-refractivity contribution in [2.45, 2.75) is 12.7 Å². The van der Waals surface area contributed by atoms with Crippen molar-refractivity contribution in [2.24, 2.45) is 0 Å². The van der Waals surface area contributed by atoms with Gasteiger partial charge in [0.15, 0.2) is 0 Å². The molecule has 5 heteroatoms. The summed E-state index contributed by atoms with van der Waals surface area (Å²) in [5.74, 6) is -0.423. The Balaban J connectivity index is 2.85. The lowest BCUT2D eigenvalue weighted by atomic mass is 10.3. The highest BCUT2D eigenvalue weighted by Gasteiger charge is 2.06. The van der Waals surface area contributed by atoms with E-state index < -0.39 is 15.9 Å². The molecule has 0 aliphatic rings. The monoisotopic (exact) mass is 187 g/mol. The van der Waals surface area contributed by atoms with Crippen LogP contribution in [0, 0.1) is 6.92 Å². The van der Waals surface area contributed by atoms with E-state index in [0.29, 0.717) is 5.69 Å². The van der Waals surface area contributed by atoms with Gasteiger partial charge in [-0.1, -0.05) is 6.07 Å². The fourth-order valence-corrected chi connectivity index (χ4v) is 1.32. The molecule has 1 heterocycles. The van der Waals surface area contributed by atoms with Gasteiger partial charge in [-0.25, -0.2) is 0 Å². The van der Waals surface area contributed by atoms with Gasteiger partial charge in [-0.3, -0.25) is 9.54 Å². The highest BCUT2D eigenvalue weighted by molar-refractivity contribution is 7.84. The molecule has 0 saturated heterocycles. The molecule has 0 bridgehead atoms. The standard InChI is InChI=1S/C7H9NO3S/c1-6-2-3-7(8-4-6)5-12(9,10)11/h2-4H,5H2,1H3,(H,9,10,11). The van der Waals surface area contributed by atoms with E-state index in [1.54, 1.807) is 18.3 Å². The number of aryl methyl sites for hydroxylation is 1. The summed E-state index contributed by atoms with van der Waals surface area (Å²) >= 11 is 0. The Morgan fingerprint density at radius 1 is 1.50 bits per heavy atom. The summed E-state index contributed by atoms with van der Waals surface area (Å²) in [5.41, 5.74) is 1.30. The first-order valence-corrected chi connectivity index (χ1v) is 4.95. The minimum Gasteiger partial charge on any atom is -0.285 e. The van der Waals surface area contributed by atoms with Crippen molar-refractivity contribution in [1.29, 1.82) is 0 Å². The van der Waals surface area contributed by atoms with Gasteiger partial charge in [-0.05, 0) is 18.6 Å². The summed E-state index contributed by atoms with van der Waals surface area (Å²) < 4.78 is 29.3. The van der Waals surface area contributed by atoms with Crippen molar-refractivity contribution in [3.8, 4) is 0 Å². The van der Waals surface area contributed by atoms with Crippen LogP contribution < -0.4 is 0 Å². The largest absolute Gasteiger partial charge is 0.285 e. The van der Waals surface area contributed by atoms with Crippen LogP contribution in [0.3, 0.4) is 0 Å². The van der Waals surface area contributed by atoms with Crippen LogP contribution in [0.4, 0.5) is 0 Å². The molecule has 1 rings (SSSR count). The molecule has 0 unspecified atom stereocenters. The van der Waals surface area contributed by atoms with Crippen molar-refractivity contribution in [3.05, 3.63) is 29.6 Å². The van der Waals surface area contributed by atoms with Gasteiger partial charge in [0.1, 0.15) is 5.75 Å². The lowest BCUT2D eigenvalue weighted by Crippen LogP contribution is -2.03. The first-order valence-electron chi connectivity index (χ1n) is 3.34. The van der Waals surface area contributed by atoms with Crippen LogP contribution in [0.1, 0.15) is 11.3 Å². The Morgan fingerprint density at radius 3 is 2.58 bits per heavy atom. The van der Waals surface area contributed by atoms with Crippen LogP contribution in [0.5, 0.6) is 0 Å². The maximum absolute atomic E-state index is 10.4. The second-order valence-corrected chi connectivity index (χ2v) is 4.01. The Labute approximate surface area is 71.0 Å². The van der Waals surface area contributed by atoms with Gasteiger partial charge in [0.05, 0.1) is 5.69 Å². The van der Waals surface area contributed by atoms with Gasteiger partial charge < -0.3 is 0 Å². The van der Waals surface area contributed by atoms with Gasteiger partial charge in [0, 0.05) is 6.20 Å². The molecule has 0 saturated carbocycles. The van der Waals surface area contributed by atoms with Gasteiger partial charge in [-0.2, -0.15) is 8.42 Å². The van der Waals surface area contributed by atoms with Crippen molar-refractivity contribution in [3.63, 3.8) is 0 Å². The van der Waals surface area contributed by atoms with Crippen molar-refractivity contribution in [1.82, 2.24) is 4.98 Å². The Hall–Kier alpha value is -0.940. The Bertz CT molecular complexity index is 355. The summed E-state index contributed by atoms with van der Waals surface area (Å²) in [6.07, 6.45) is 1.56. The van der Waals surface area contributed by atoms with Crippen LogP contribution in [0.15, 0.2) is 18.3 Å². The second-order valence-electron chi connectivity index (χ2n) is 2.55. The fourth-order valence-electron chi connectivity index (χ4n) is 0.771. The van der Waals surface area contributed by atoms with Gasteiger partial charge in [-0.15, -0.1) is 0 Å². The van der Waals surface area contributed by atoms with Crippen molar-refractivity contribution >= 4 is 10.1 Å². The predicted octanol–water partition coefficient (Wildman–Crippen LogP) is 0.778. The normalized spacial score (nSPS) is 11.5. The number of rotatable bonds is 2. The molecule has 66 valence electrons. The smallest absolute Gasteiger partial charge is 0.270 e. The summed E-state index contributed by atoms with van der Waals surface area (Å²) in [7, 11) is -3.95. The zero-order chi connectivity index (χ0) is 9.19. The van der Waals surface area contributed by atoms with Crippen LogP contribution >= 0.6 is 0 Å². The van der Waals surface area contributed by atoms with E-state index >= 15 is 0 Å². The average molecular weight is 187 g/mol. The van der Waals surface area contributed by atoms with Crippen LogP contribution in [-0.4, -0.2) is 18.0 Å². The zero-order valence-corrected chi connectivity index (χ0v) is 7.37. The van der Waals surface area contributed by atoms with Crippen LogP contribution in [-0.2, 0) is 15.9 Å². The third kappa shape index (κ3) is 2.98. The highest BCUT2D eigenvalue weighted by atomic mass is 32.2. The number of pyridine rings is 1. The topological polar surface area (TPSA) is 67.3 Å². The maximum atomic E-state index is 10.4. The molecule has 0 spiro atoms. The van der Waals surface area contributed by atoms with E-state index in [0.717, 1.165) is 5.56 Å². The molecule has 0 radical (unpaired) electrons. The zero-order valence-electron chi connectivity index (χ0n) is 6.56. The molecule has 0 aromatic carbocycles. The van der Waals surface area contributed by atoms with E-state index in [1.165, 1.54) is 0 Å². The predicted molar refractivity (Wildman–Crippen MR) is 44.2 cm³/mol. The van der Waals surface area contributed by atoms with Crippen LogP contribution in [0.2, 0.25) is 0 Å². The second kappa shape index (κ2) is 3.20. The molecule has 0 fully saturated rings. The summed E-state index contributed by atoms with van der Waals surface area (Å²) in [5, 5.41) is 0. The van der Waals surface area contributed by atoms with Gasteiger partial charge >= 0.3 is 0 Å². The number of nitrogens with zero attached hydrogens (tertiary/aromatic N) is 1. The first kappa shape index (κ1) is 9.15. The lowest BCUT2D eigenvalue weighted by Gasteiger charge is -1.97. The third-order valence-corrected chi connectivity index (χ3v) is 1.96. The SMILES string of the molecule is Cc1ccc(CS(=O)(=O)O)nc1. The Kier molecular flexibility index (Phi) is 2.44. The Morgan fingerprint density at radius 2 is 2.17 bits per heavy atom. The molecule has 1 aromatic rings. The number of hydrogen-bond acceptors (Lipinski definition) is 3. The molecular weight excluding hydrogens is 178 g/mol. The van der Waals surface area contributed by atoms with E-state index in [-0.39, 0.29) is 0 Å². The molecule has 0 aliphatic carbocycles. The van der Waals surface area contributed by atoms with E-state index in [1.807, 2.05) is 6.92 Å². The lowest BCUT2D eigenvalue weighted by molar-refractivity contribution is 0.481. The maximum Gasteiger partial charge on any atom is 0.270 e. The van der Waals surface area contributed by atoms with Crippen molar-refractivity contribution in [2.75, 3.05) is 0 Å². The molecule has 12 heavy (non-hydrogen) atoms. The molecule has 1 aromatic heterocycles. The van der Waals surface area contributed by atoms with E-state index in [2.05, 4.69) is 4.98 Å². The summed E-state index contributed by atoms with van der Waals surface area (Å²) in [4.78, 5) is 3.82. The fraction of sp³-hybridized carbons (Fsp3) is 0.286. The number of aromatic nitrogens is 1. The first-order chi connectivity index (χ1) is 5.47. The molecule has 0 atom stereocenters. The summed E-state index contributed by atoms with van der Waals surface area (Å²) in [6.45, 7) is 1.85. The highest BCUT2D eigenvalue weighted by Crippen LogP contribution is 2.02. The van der Waals surface area contributed by atoms with E-state index in [4.69, 9.17) is 4.55 Å². The molecule has 0 aliphatic heterocycles. The molecule has 4 nitrogen and oxygen atoms in total. The molecule has 0 amide bonds. The quantitative estimate of drug-likeness (QED) is 0.695. The molecular formula is C7H9NO3S. The van der Waals surface area contributed by atoms with Gasteiger partial charge in [0.25, 0.3) is 10.1 Å². The summed E-state index contributed by atoms with van der Waals surface area (Å²) in [6, 6.07) is 3.32. The average Bonchev–Trinajstić information content (AvgIpc) is 1.91. The number of hydrogen-bond donors (Lipinski definition) is 1. The van der Waals surface area contributed by atoms with E-state index in [9.17, 15) is 8.42 Å². The minimum absolute atomic E-state index is 0.350. The minimum atomic E-state index is -3.95. The molecule has 1 N–H and O–H groups in total. The third-order valence-electron chi connectivity index (χ3n) is 1.30. The van der Waals surface area contributed by atoms with Crippen molar-refractivity contribution < 1.29 is 13.0 Å².